The predicted octanol–water partition coefficient (Wildman–Crippen LogP) is 5.52. The molecule has 1 heteroatoms. The number of rotatable bonds is 6. The Balaban J connectivity index is 1.57. The fourth-order valence-electron chi connectivity index (χ4n) is 3.85. The molecule has 1 nitrogen and oxygen atoms in total. The third-order valence-corrected chi connectivity index (χ3v) is 5.43. The van der Waals surface area contributed by atoms with Gasteiger partial charge in [-0.15, -0.1) is 6.58 Å². The van der Waals surface area contributed by atoms with E-state index >= 15 is 0 Å². The van der Waals surface area contributed by atoms with Crippen LogP contribution in [0.5, 0.6) is 0 Å². The second-order valence-corrected chi connectivity index (χ2v) is 6.79. The average molecular weight is 276 g/mol. The van der Waals surface area contributed by atoms with Gasteiger partial charge in [0.05, 0.1) is 6.10 Å². The molecule has 0 amide bonds. The third-order valence-electron chi connectivity index (χ3n) is 5.43. The maximum absolute atomic E-state index is 5.43. The molecular formula is C19H32O. The molecule has 0 N–H and O–H groups in total. The zero-order valence-electron chi connectivity index (χ0n) is 13.2. The van der Waals surface area contributed by atoms with Crippen LogP contribution in [0.3, 0.4) is 0 Å². The van der Waals surface area contributed by atoms with Gasteiger partial charge in [0.25, 0.3) is 0 Å². The van der Waals surface area contributed by atoms with Crippen molar-refractivity contribution in [3.8, 4) is 0 Å². The van der Waals surface area contributed by atoms with Crippen LogP contribution in [0.2, 0.25) is 0 Å². The van der Waals surface area contributed by atoms with Gasteiger partial charge < -0.3 is 4.74 Å². The summed E-state index contributed by atoms with van der Waals surface area (Å²) in [6.07, 6.45) is 21.0. The van der Waals surface area contributed by atoms with Gasteiger partial charge in [0.15, 0.2) is 0 Å². The minimum atomic E-state index is 0.527. The van der Waals surface area contributed by atoms with Crippen molar-refractivity contribution in [2.75, 3.05) is 7.11 Å². The highest BCUT2D eigenvalue weighted by Crippen LogP contribution is 2.32. The molecule has 0 bridgehead atoms. The Hall–Kier alpha value is -0.560. The van der Waals surface area contributed by atoms with Crippen molar-refractivity contribution in [1.29, 1.82) is 0 Å². The lowest BCUT2D eigenvalue weighted by molar-refractivity contribution is 0.0626. The summed E-state index contributed by atoms with van der Waals surface area (Å²) in [6.45, 7) is 3.93. The van der Waals surface area contributed by atoms with Gasteiger partial charge >= 0.3 is 0 Å². The van der Waals surface area contributed by atoms with Crippen molar-refractivity contribution in [1.82, 2.24) is 0 Å². The lowest BCUT2D eigenvalue weighted by Crippen LogP contribution is -2.19. The third kappa shape index (κ3) is 5.09. The molecule has 0 saturated heterocycles. The molecule has 114 valence electrons. The zero-order chi connectivity index (χ0) is 14.2. The van der Waals surface area contributed by atoms with Crippen LogP contribution in [0, 0.1) is 17.8 Å². The lowest BCUT2D eigenvalue weighted by atomic mass is 9.80. The lowest BCUT2D eigenvalue weighted by Gasteiger charge is -2.26. The molecule has 20 heavy (non-hydrogen) atoms. The van der Waals surface area contributed by atoms with E-state index in [1.165, 1.54) is 64.2 Å². The van der Waals surface area contributed by atoms with Crippen molar-refractivity contribution in [2.45, 2.75) is 70.3 Å². The molecule has 0 heterocycles. The Morgan fingerprint density at radius 1 is 0.950 bits per heavy atom. The van der Waals surface area contributed by atoms with Crippen molar-refractivity contribution in [3.05, 3.63) is 24.8 Å². The van der Waals surface area contributed by atoms with Crippen molar-refractivity contribution < 1.29 is 4.74 Å². The normalized spacial score (nSPS) is 35.2. The Kier molecular flexibility index (Phi) is 6.86. The van der Waals surface area contributed by atoms with Crippen LogP contribution in [-0.2, 0) is 4.74 Å². The van der Waals surface area contributed by atoms with Gasteiger partial charge in [-0.1, -0.05) is 18.2 Å². The fraction of sp³-hybridized carbons (Fsp3) is 0.789. The second kappa shape index (κ2) is 8.67. The Morgan fingerprint density at radius 3 is 2.20 bits per heavy atom. The van der Waals surface area contributed by atoms with Crippen LogP contribution in [-0.4, -0.2) is 13.2 Å². The molecule has 0 aromatic rings. The molecular weight excluding hydrogens is 244 g/mol. The number of hydrogen-bond acceptors (Lipinski definition) is 1. The van der Waals surface area contributed by atoms with Gasteiger partial charge in [-0.25, -0.2) is 0 Å². The van der Waals surface area contributed by atoms with Crippen LogP contribution >= 0.6 is 0 Å². The van der Waals surface area contributed by atoms with E-state index in [0.29, 0.717) is 6.10 Å². The first kappa shape index (κ1) is 15.8. The summed E-state index contributed by atoms with van der Waals surface area (Å²) in [6, 6.07) is 0. The van der Waals surface area contributed by atoms with Crippen LogP contribution in [0.15, 0.2) is 24.8 Å². The van der Waals surface area contributed by atoms with E-state index in [0.717, 1.165) is 17.8 Å². The van der Waals surface area contributed by atoms with Gasteiger partial charge in [0.2, 0.25) is 0 Å². The minimum Gasteiger partial charge on any atom is -0.381 e. The molecule has 2 rings (SSSR count). The summed E-state index contributed by atoms with van der Waals surface area (Å²) in [4.78, 5) is 0. The van der Waals surface area contributed by atoms with E-state index in [1.807, 2.05) is 7.11 Å². The number of ether oxygens (including phenoxy) is 1. The van der Waals surface area contributed by atoms with E-state index in [2.05, 4.69) is 24.8 Å². The van der Waals surface area contributed by atoms with Crippen molar-refractivity contribution >= 4 is 0 Å². The molecule has 0 unspecified atom stereocenters. The molecule has 0 spiro atoms. The number of allylic oxidation sites excluding steroid dienone is 3. The first-order valence-corrected chi connectivity index (χ1v) is 8.63. The smallest absolute Gasteiger partial charge is 0.0571 e. The van der Waals surface area contributed by atoms with E-state index in [-0.39, 0.29) is 0 Å². The molecule has 2 saturated carbocycles. The van der Waals surface area contributed by atoms with E-state index in [9.17, 15) is 0 Å². The number of hydrogen-bond donors (Lipinski definition) is 0. The largest absolute Gasteiger partial charge is 0.381 e. The molecule has 2 aliphatic carbocycles. The standard InChI is InChI=1S/C19H32O/c1-3-16-8-10-17(11-9-16)6-4-5-7-18-12-14-19(20-2)15-13-18/h3,5,7,16-19H,1,4,6,8-15H2,2H3. The highest BCUT2D eigenvalue weighted by Gasteiger charge is 2.19. The maximum atomic E-state index is 5.43. The van der Waals surface area contributed by atoms with Gasteiger partial charge in [0, 0.05) is 7.11 Å². The molecule has 0 aromatic carbocycles. The first-order chi connectivity index (χ1) is 9.81. The SMILES string of the molecule is C=CC1CCC(CCC=CC2CCC(OC)CC2)CC1. The fourth-order valence-corrected chi connectivity index (χ4v) is 3.85. The van der Waals surface area contributed by atoms with Gasteiger partial charge in [-0.05, 0) is 82.0 Å². The molecule has 0 aromatic heterocycles. The van der Waals surface area contributed by atoms with Gasteiger partial charge in [-0.2, -0.15) is 0 Å². The van der Waals surface area contributed by atoms with E-state index < -0.39 is 0 Å². The summed E-state index contributed by atoms with van der Waals surface area (Å²) in [5.41, 5.74) is 0. The highest BCUT2D eigenvalue weighted by molar-refractivity contribution is 4.92. The van der Waals surface area contributed by atoms with E-state index in [1.54, 1.807) is 0 Å². The highest BCUT2D eigenvalue weighted by atomic mass is 16.5. The van der Waals surface area contributed by atoms with Gasteiger partial charge in [0.1, 0.15) is 0 Å². The monoisotopic (exact) mass is 276 g/mol. The first-order valence-electron chi connectivity index (χ1n) is 8.63. The summed E-state index contributed by atoms with van der Waals surface area (Å²) in [5, 5.41) is 0. The zero-order valence-corrected chi connectivity index (χ0v) is 13.2. The van der Waals surface area contributed by atoms with E-state index in [4.69, 9.17) is 4.74 Å². The van der Waals surface area contributed by atoms with Crippen LogP contribution in [0.1, 0.15) is 64.2 Å². The van der Waals surface area contributed by atoms with Crippen LogP contribution < -0.4 is 0 Å². The molecule has 0 atom stereocenters. The second-order valence-electron chi connectivity index (χ2n) is 6.79. The molecule has 0 radical (unpaired) electrons. The number of methoxy groups -OCH3 is 1. The van der Waals surface area contributed by atoms with Crippen LogP contribution in [0.4, 0.5) is 0 Å². The Labute approximate surface area is 125 Å². The topological polar surface area (TPSA) is 9.23 Å². The minimum absolute atomic E-state index is 0.527. The van der Waals surface area contributed by atoms with Crippen LogP contribution in [0.25, 0.3) is 0 Å². The summed E-state index contributed by atoms with van der Waals surface area (Å²) >= 11 is 0. The maximum Gasteiger partial charge on any atom is 0.0571 e. The average Bonchev–Trinajstić information content (AvgIpc) is 2.53. The predicted molar refractivity (Wildman–Crippen MR) is 86.8 cm³/mol. The van der Waals surface area contributed by atoms with Gasteiger partial charge in [-0.3, -0.25) is 0 Å². The van der Waals surface area contributed by atoms with Crippen molar-refractivity contribution in [3.63, 3.8) is 0 Å². The summed E-state index contributed by atoms with van der Waals surface area (Å²) in [7, 11) is 1.85. The van der Waals surface area contributed by atoms with Crippen molar-refractivity contribution in [2.24, 2.45) is 17.8 Å². The molecule has 2 aliphatic rings. The molecule has 0 aliphatic heterocycles. The quantitative estimate of drug-likeness (QED) is 0.580. The molecule has 2 fully saturated rings. The Morgan fingerprint density at radius 2 is 1.60 bits per heavy atom. The Bertz CT molecular complexity index is 291. The summed E-state index contributed by atoms with van der Waals surface area (Å²) < 4.78 is 5.43. The summed E-state index contributed by atoms with van der Waals surface area (Å²) in [5.74, 6) is 2.59.